The molecule has 0 saturated carbocycles. The molecule has 1 aromatic heterocycles. The van der Waals surface area contributed by atoms with Crippen LogP contribution < -0.4 is 26.0 Å². The second-order valence-corrected chi connectivity index (χ2v) is 9.11. The number of halogens is 3. The van der Waals surface area contributed by atoms with Crippen molar-refractivity contribution in [2.24, 2.45) is 0 Å². The first kappa shape index (κ1) is 27.4. The third-order valence-electron chi connectivity index (χ3n) is 5.95. The van der Waals surface area contributed by atoms with E-state index in [1.807, 2.05) is 24.3 Å². The Kier molecular flexibility index (Phi) is 7.94. The van der Waals surface area contributed by atoms with Crippen LogP contribution in [0.4, 0.5) is 30.8 Å². The van der Waals surface area contributed by atoms with E-state index in [4.69, 9.17) is 4.74 Å². The molecule has 0 saturated heterocycles. The molecule has 0 spiro atoms. The first-order chi connectivity index (χ1) is 19.7. The van der Waals surface area contributed by atoms with Crippen LogP contribution in [-0.2, 0) is 19.6 Å². The Morgan fingerprint density at radius 2 is 1.24 bits per heavy atom. The van der Waals surface area contributed by atoms with E-state index in [-0.39, 0.29) is 43.3 Å². The average molecular weight is 564 g/mol. The largest absolute Gasteiger partial charge is 0.454 e. The van der Waals surface area contributed by atoms with E-state index in [2.05, 4.69) is 36.2 Å². The van der Waals surface area contributed by atoms with Crippen LogP contribution >= 0.6 is 0 Å². The lowest BCUT2D eigenvalue weighted by atomic mass is 10.1. The average Bonchev–Trinajstić information content (AvgIpc) is 2.97. The maximum Gasteiger partial charge on any atom is 0.422 e. The molecule has 210 valence electrons. The molecule has 0 unspecified atom stereocenters. The molecule has 0 fully saturated rings. The summed E-state index contributed by atoms with van der Waals surface area (Å²) in [5, 5.41) is 11.6. The minimum atomic E-state index is -4.57. The van der Waals surface area contributed by atoms with Gasteiger partial charge in [-0.15, -0.1) is 0 Å². The fourth-order valence-corrected chi connectivity index (χ4v) is 3.91. The van der Waals surface area contributed by atoms with E-state index in [0.29, 0.717) is 16.8 Å². The van der Waals surface area contributed by atoms with E-state index in [9.17, 15) is 22.8 Å². The third-order valence-corrected chi connectivity index (χ3v) is 5.95. The molecule has 4 aromatic rings. The molecule has 41 heavy (non-hydrogen) atoms. The summed E-state index contributed by atoms with van der Waals surface area (Å²) in [5.41, 5.74) is 3.81. The lowest BCUT2D eigenvalue weighted by Gasteiger charge is -2.13. The highest BCUT2D eigenvalue weighted by Crippen LogP contribution is 2.21. The van der Waals surface area contributed by atoms with Gasteiger partial charge in [-0.2, -0.15) is 28.1 Å². The van der Waals surface area contributed by atoms with Crippen LogP contribution in [0.3, 0.4) is 0 Å². The minimum Gasteiger partial charge on any atom is -0.454 e. The smallest absolute Gasteiger partial charge is 0.422 e. The predicted octanol–water partition coefficient (Wildman–Crippen LogP) is 4.34. The molecule has 2 amide bonds. The van der Waals surface area contributed by atoms with Crippen LogP contribution in [0.25, 0.3) is 0 Å². The highest BCUT2D eigenvalue weighted by atomic mass is 19.4. The summed E-state index contributed by atoms with van der Waals surface area (Å²) in [6.45, 7) is -0.828. The molecule has 4 N–H and O–H groups in total. The number of fused-ring (bicyclic) bond motifs is 2. The van der Waals surface area contributed by atoms with Gasteiger partial charge >= 0.3 is 12.2 Å². The summed E-state index contributed by atoms with van der Waals surface area (Å²) in [6, 6.07) is 20.2. The number of aromatic nitrogens is 3. The number of hydrogen-bond acceptors (Lipinski definition) is 8. The first-order valence-electron chi connectivity index (χ1n) is 12.5. The maximum atomic E-state index is 12.8. The number of nitrogens with one attached hydrogen (secondary N) is 4. The van der Waals surface area contributed by atoms with Gasteiger partial charge in [-0.1, -0.05) is 36.4 Å². The van der Waals surface area contributed by atoms with Crippen LogP contribution in [-0.4, -0.2) is 39.5 Å². The summed E-state index contributed by atoms with van der Waals surface area (Å²) >= 11 is 0. The number of nitrogens with zero attached hydrogens (tertiary/aromatic N) is 3. The Hall–Kier alpha value is -5.20. The molecular formula is C28H24F3N7O3. The molecule has 0 aliphatic carbocycles. The summed E-state index contributed by atoms with van der Waals surface area (Å²) in [6.07, 6.45) is -4.57. The van der Waals surface area contributed by atoms with E-state index < -0.39 is 18.8 Å². The zero-order chi connectivity index (χ0) is 28.8. The van der Waals surface area contributed by atoms with Gasteiger partial charge in [0.1, 0.15) is 0 Å². The Morgan fingerprint density at radius 1 is 0.683 bits per heavy atom. The van der Waals surface area contributed by atoms with Gasteiger partial charge in [0.2, 0.25) is 11.9 Å². The topological polar surface area (TPSA) is 130 Å². The zero-order valence-electron chi connectivity index (χ0n) is 21.5. The number of anilines is 3. The lowest BCUT2D eigenvalue weighted by molar-refractivity contribution is -0.154. The van der Waals surface area contributed by atoms with Crippen molar-refractivity contribution < 1.29 is 27.5 Å². The summed E-state index contributed by atoms with van der Waals surface area (Å²) in [5.74, 6) is -0.625. The van der Waals surface area contributed by atoms with Crippen molar-refractivity contribution in [2.75, 3.05) is 17.2 Å². The van der Waals surface area contributed by atoms with Crippen molar-refractivity contribution in [3.8, 4) is 6.01 Å². The van der Waals surface area contributed by atoms with E-state index in [0.717, 1.165) is 16.7 Å². The molecule has 4 heterocycles. The van der Waals surface area contributed by atoms with Crippen molar-refractivity contribution in [3.05, 3.63) is 101 Å². The van der Waals surface area contributed by atoms with Gasteiger partial charge < -0.3 is 26.0 Å². The Labute approximate surface area is 232 Å². The minimum absolute atomic E-state index is 0.000587. The lowest BCUT2D eigenvalue weighted by Crippen LogP contribution is -2.24. The zero-order valence-corrected chi connectivity index (χ0v) is 21.5. The van der Waals surface area contributed by atoms with Gasteiger partial charge in [0.25, 0.3) is 11.8 Å². The van der Waals surface area contributed by atoms with Gasteiger partial charge in [-0.3, -0.25) is 9.59 Å². The van der Waals surface area contributed by atoms with Crippen molar-refractivity contribution in [1.29, 1.82) is 0 Å². The fraction of sp³-hybridized carbons (Fsp3) is 0.179. The van der Waals surface area contributed by atoms with Crippen LogP contribution in [0.1, 0.15) is 37.4 Å². The van der Waals surface area contributed by atoms with Crippen molar-refractivity contribution in [3.63, 3.8) is 0 Å². The van der Waals surface area contributed by atoms with Gasteiger partial charge in [0, 0.05) is 36.4 Å². The second kappa shape index (κ2) is 11.9. The van der Waals surface area contributed by atoms with Crippen LogP contribution in [0.5, 0.6) is 6.01 Å². The van der Waals surface area contributed by atoms with E-state index in [1.54, 1.807) is 48.5 Å². The maximum absolute atomic E-state index is 12.8. The summed E-state index contributed by atoms with van der Waals surface area (Å²) in [4.78, 5) is 37.4. The quantitative estimate of drug-likeness (QED) is 0.284. The predicted molar refractivity (Wildman–Crippen MR) is 144 cm³/mol. The fourth-order valence-electron chi connectivity index (χ4n) is 3.91. The highest BCUT2D eigenvalue weighted by molar-refractivity contribution is 5.97. The number of carbonyl (C=O) groups excluding carboxylic acids is 2. The van der Waals surface area contributed by atoms with Gasteiger partial charge in [0.15, 0.2) is 6.61 Å². The molecule has 0 atom stereocenters. The summed E-state index contributed by atoms with van der Waals surface area (Å²) < 4.78 is 43.1. The normalized spacial score (nSPS) is 13.9. The number of ether oxygens (including phenoxy) is 1. The Balaban J connectivity index is 1.43. The van der Waals surface area contributed by atoms with Crippen LogP contribution in [0, 0.1) is 0 Å². The molecule has 7 rings (SSSR count). The van der Waals surface area contributed by atoms with Gasteiger partial charge in [-0.05, 0) is 53.1 Å². The number of rotatable bonds is 2. The molecule has 13 heteroatoms. The number of carbonyl (C=O) groups is 2. The Morgan fingerprint density at radius 3 is 1.85 bits per heavy atom. The second-order valence-electron chi connectivity index (χ2n) is 9.11. The highest BCUT2D eigenvalue weighted by Gasteiger charge is 2.29. The van der Waals surface area contributed by atoms with Crippen molar-refractivity contribution >= 4 is 29.4 Å². The monoisotopic (exact) mass is 563 g/mol. The van der Waals surface area contributed by atoms with Gasteiger partial charge in [-0.25, -0.2) is 0 Å². The van der Waals surface area contributed by atoms with Crippen molar-refractivity contribution in [2.45, 2.75) is 25.8 Å². The van der Waals surface area contributed by atoms with Crippen LogP contribution in [0.15, 0.2) is 72.8 Å². The van der Waals surface area contributed by atoms with E-state index >= 15 is 0 Å². The third kappa shape index (κ3) is 7.68. The van der Waals surface area contributed by atoms with E-state index in [1.165, 1.54) is 0 Å². The number of amides is 2. The molecule has 3 aromatic carbocycles. The number of benzene rings is 3. The number of alkyl halides is 3. The molecule has 3 aliphatic heterocycles. The SMILES string of the molecule is O=C1NCc2ccc(cc2)Nc2nc(nc(OCC(F)(F)F)n2)NCc2cccc(c2)CNC(=O)c2ccc1cc2. The standard InChI is InChI=1S/C28H24F3N7O3/c29-28(30,31)16-41-27-37-25-34-15-19-3-1-2-18(12-19)14-33-24(40)21-8-6-20(7-9-21)23(39)32-13-17-4-10-22(11-5-17)35-26(36-25)38-27/h1-12H,13-16H2,(H,32,39)(H,33,40)(H2,34,35,36,37,38). The molecule has 3 aliphatic rings. The van der Waals surface area contributed by atoms with Gasteiger partial charge in [0.05, 0.1) is 0 Å². The number of hydrogen-bond donors (Lipinski definition) is 4. The molecule has 10 nitrogen and oxygen atoms in total. The molecule has 8 bridgehead atoms. The molecular weight excluding hydrogens is 539 g/mol. The molecule has 0 radical (unpaired) electrons. The van der Waals surface area contributed by atoms with Crippen molar-refractivity contribution in [1.82, 2.24) is 25.6 Å². The van der Waals surface area contributed by atoms with Crippen LogP contribution in [0.2, 0.25) is 0 Å². The first-order valence-corrected chi connectivity index (χ1v) is 12.5. The Bertz CT molecular complexity index is 1550. The summed E-state index contributed by atoms with van der Waals surface area (Å²) in [7, 11) is 0.